The summed E-state index contributed by atoms with van der Waals surface area (Å²) in [4.78, 5) is 70.3. The zero-order chi connectivity index (χ0) is 25.6. The molecular weight excluding hydrogens is 438 g/mol. The predicted molar refractivity (Wildman–Crippen MR) is 117 cm³/mol. The van der Waals surface area contributed by atoms with Crippen LogP contribution in [0, 0.1) is 0 Å². The summed E-state index contributed by atoms with van der Waals surface area (Å²) in [5.74, 6) is -4.86. The van der Waals surface area contributed by atoms with Crippen LogP contribution in [0.1, 0.15) is 51.9 Å². The molecular formula is C19H35N7O7. The quantitative estimate of drug-likeness (QED) is 0.0974. The largest absolute Gasteiger partial charge is 0.480 e. The molecule has 14 heteroatoms. The fraction of sp³-hybridized carbons (Fsp3) is 0.684. The minimum Gasteiger partial charge on any atom is -0.480 e. The van der Waals surface area contributed by atoms with Crippen LogP contribution >= 0.6 is 0 Å². The van der Waals surface area contributed by atoms with E-state index in [1.165, 1.54) is 6.92 Å². The van der Waals surface area contributed by atoms with Crippen molar-refractivity contribution < 1.29 is 33.9 Å². The molecule has 4 atom stereocenters. The highest BCUT2D eigenvalue weighted by molar-refractivity contribution is 5.94. The topological polar surface area (TPSA) is 263 Å². The third-order valence-electron chi connectivity index (χ3n) is 4.66. The van der Waals surface area contributed by atoms with Crippen molar-refractivity contribution in [2.45, 2.75) is 76.0 Å². The Kier molecular flexibility index (Phi) is 14.0. The summed E-state index contributed by atoms with van der Waals surface area (Å²) in [6.07, 6.45) is 0.738. The van der Waals surface area contributed by atoms with Gasteiger partial charge >= 0.3 is 5.97 Å². The molecule has 5 amide bonds. The number of amides is 5. The van der Waals surface area contributed by atoms with Gasteiger partial charge in [-0.2, -0.15) is 0 Å². The molecule has 0 aliphatic carbocycles. The van der Waals surface area contributed by atoms with E-state index in [0.29, 0.717) is 19.4 Å². The van der Waals surface area contributed by atoms with Crippen molar-refractivity contribution in [3.63, 3.8) is 0 Å². The Balaban J connectivity index is 5.07. The molecule has 12 N–H and O–H groups in total. The van der Waals surface area contributed by atoms with E-state index in [0.717, 1.165) is 0 Å². The Bertz CT molecular complexity index is 717. The van der Waals surface area contributed by atoms with Crippen LogP contribution in [0.2, 0.25) is 0 Å². The average Bonchev–Trinajstić information content (AvgIpc) is 2.73. The van der Waals surface area contributed by atoms with Crippen LogP contribution in [-0.2, 0) is 28.8 Å². The second kappa shape index (κ2) is 15.5. The monoisotopic (exact) mass is 473 g/mol. The van der Waals surface area contributed by atoms with Crippen LogP contribution in [0.3, 0.4) is 0 Å². The molecule has 0 saturated carbocycles. The summed E-state index contributed by atoms with van der Waals surface area (Å²) in [5, 5.41) is 16.3. The average molecular weight is 474 g/mol. The summed E-state index contributed by atoms with van der Waals surface area (Å²) in [6, 6.07) is -4.62. The van der Waals surface area contributed by atoms with Crippen LogP contribution in [0.15, 0.2) is 0 Å². The first-order valence-corrected chi connectivity index (χ1v) is 10.5. The van der Waals surface area contributed by atoms with E-state index in [2.05, 4.69) is 16.0 Å². The van der Waals surface area contributed by atoms with Gasteiger partial charge in [0.05, 0.1) is 6.04 Å². The maximum atomic E-state index is 12.7. The van der Waals surface area contributed by atoms with Crippen LogP contribution in [0.4, 0.5) is 0 Å². The van der Waals surface area contributed by atoms with E-state index in [1.54, 1.807) is 0 Å². The lowest BCUT2D eigenvalue weighted by Gasteiger charge is -2.23. The smallest absolute Gasteiger partial charge is 0.326 e. The molecule has 0 unspecified atom stereocenters. The number of rotatable bonds is 17. The number of carboxylic acid groups (broad SMARTS) is 1. The number of primary amides is 2. The standard InChI is InChI=1S/C19H35N7O7/c1-10(16(29)26-13(19(32)33)6-8-15(23)28)24-18(31)12(4-2-3-9-20)25-17(30)11(21)5-7-14(22)27/h10-13H,2-9,20-21H2,1H3,(H2,22,27)(H2,23,28)(H,24,31)(H,25,30)(H,26,29)(H,32,33)/t10-,11-,12-,13-/m0/s1. The molecule has 0 bridgehead atoms. The number of nitrogens with one attached hydrogen (secondary N) is 3. The number of aliphatic carboxylic acids is 1. The molecule has 0 aromatic carbocycles. The first kappa shape index (κ1) is 29.7. The maximum Gasteiger partial charge on any atom is 0.326 e. The van der Waals surface area contributed by atoms with E-state index in [9.17, 15) is 33.9 Å². The normalized spacial score (nSPS) is 14.3. The van der Waals surface area contributed by atoms with Gasteiger partial charge in [0.15, 0.2) is 0 Å². The number of hydrogen-bond acceptors (Lipinski definition) is 8. The van der Waals surface area contributed by atoms with Crippen molar-refractivity contribution in [2.24, 2.45) is 22.9 Å². The second-order valence-corrected chi connectivity index (χ2v) is 7.59. The molecule has 0 aromatic heterocycles. The SMILES string of the molecule is C[C@H](NC(=O)[C@H](CCCCN)NC(=O)[C@@H](N)CCC(N)=O)C(=O)N[C@@H](CCC(N)=O)C(=O)O. The molecule has 0 fully saturated rings. The van der Waals surface area contributed by atoms with Gasteiger partial charge in [-0.05, 0) is 45.6 Å². The highest BCUT2D eigenvalue weighted by Crippen LogP contribution is 2.04. The van der Waals surface area contributed by atoms with Gasteiger partial charge in [-0.15, -0.1) is 0 Å². The minimum atomic E-state index is -1.37. The molecule has 0 rings (SSSR count). The fourth-order valence-corrected chi connectivity index (χ4v) is 2.69. The minimum absolute atomic E-state index is 0.000998. The molecule has 0 aliphatic heterocycles. The summed E-state index contributed by atoms with van der Waals surface area (Å²) in [6.45, 7) is 1.71. The molecule has 188 valence electrons. The van der Waals surface area contributed by atoms with Gasteiger partial charge in [-0.1, -0.05) is 0 Å². The van der Waals surface area contributed by atoms with Gasteiger partial charge in [0.25, 0.3) is 0 Å². The van der Waals surface area contributed by atoms with Crippen LogP contribution < -0.4 is 38.9 Å². The van der Waals surface area contributed by atoms with Gasteiger partial charge in [0.1, 0.15) is 18.1 Å². The Labute approximate surface area is 191 Å². The van der Waals surface area contributed by atoms with Crippen molar-refractivity contribution in [1.82, 2.24) is 16.0 Å². The summed E-state index contributed by atoms with van der Waals surface area (Å²) >= 11 is 0. The fourth-order valence-electron chi connectivity index (χ4n) is 2.69. The Morgan fingerprint density at radius 3 is 1.82 bits per heavy atom. The van der Waals surface area contributed by atoms with Gasteiger partial charge in [-0.3, -0.25) is 24.0 Å². The lowest BCUT2D eigenvalue weighted by molar-refractivity contribution is -0.142. The van der Waals surface area contributed by atoms with Crippen molar-refractivity contribution in [3.8, 4) is 0 Å². The van der Waals surface area contributed by atoms with Crippen molar-refractivity contribution in [3.05, 3.63) is 0 Å². The molecule has 0 spiro atoms. The summed E-state index contributed by atoms with van der Waals surface area (Å²) in [5.41, 5.74) is 21.2. The molecule has 0 aliphatic rings. The molecule has 14 nitrogen and oxygen atoms in total. The van der Waals surface area contributed by atoms with Crippen LogP contribution in [0.5, 0.6) is 0 Å². The van der Waals surface area contributed by atoms with Crippen molar-refractivity contribution in [2.75, 3.05) is 6.54 Å². The summed E-state index contributed by atoms with van der Waals surface area (Å²) in [7, 11) is 0. The highest BCUT2D eigenvalue weighted by atomic mass is 16.4. The molecule has 33 heavy (non-hydrogen) atoms. The third-order valence-corrected chi connectivity index (χ3v) is 4.66. The number of carbonyl (C=O) groups excluding carboxylic acids is 5. The van der Waals surface area contributed by atoms with Gasteiger partial charge < -0.3 is 44.0 Å². The second-order valence-electron chi connectivity index (χ2n) is 7.59. The lowest BCUT2D eigenvalue weighted by Crippen LogP contribution is -2.56. The first-order chi connectivity index (χ1) is 15.4. The van der Waals surface area contributed by atoms with E-state index < -0.39 is 59.7 Å². The van der Waals surface area contributed by atoms with E-state index in [1.807, 2.05) is 0 Å². The lowest BCUT2D eigenvalue weighted by atomic mass is 10.1. The summed E-state index contributed by atoms with van der Waals surface area (Å²) < 4.78 is 0. The number of hydrogen-bond donors (Lipinski definition) is 8. The number of carboxylic acids is 1. The molecule has 0 aromatic rings. The van der Waals surface area contributed by atoms with E-state index in [-0.39, 0.29) is 32.1 Å². The van der Waals surface area contributed by atoms with Gasteiger partial charge in [0, 0.05) is 12.8 Å². The van der Waals surface area contributed by atoms with Gasteiger partial charge in [0.2, 0.25) is 29.5 Å². The Hall–Kier alpha value is -3.26. The molecule has 0 saturated heterocycles. The van der Waals surface area contributed by atoms with Crippen molar-refractivity contribution >= 4 is 35.5 Å². The maximum absolute atomic E-state index is 12.7. The number of nitrogens with two attached hydrogens (primary N) is 4. The molecule has 0 radical (unpaired) electrons. The zero-order valence-electron chi connectivity index (χ0n) is 18.7. The first-order valence-electron chi connectivity index (χ1n) is 10.5. The Morgan fingerprint density at radius 2 is 1.30 bits per heavy atom. The van der Waals surface area contributed by atoms with Crippen molar-refractivity contribution in [1.29, 1.82) is 0 Å². The zero-order valence-corrected chi connectivity index (χ0v) is 18.7. The van der Waals surface area contributed by atoms with Gasteiger partial charge in [-0.25, -0.2) is 4.79 Å². The van der Waals surface area contributed by atoms with Crippen LogP contribution in [0.25, 0.3) is 0 Å². The van der Waals surface area contributed by atoms with Crippen LogP contribution in [-0.4, -0.2) is 71.3 Å². The molecule has 0 heterocycles. The number of unbranched alkanes of at least 4 members (excludes halogenated alkanes) is 1. The third kappa shape index (κ3) is 13.0. The van der Waals surface area contributed by atoms with E-state index >= 15 is 0 Å². The predicted octanol–water partition coefficient (Wildman–Crippen LogP) is -3.47. The Morgan fingerprint density at radius 1 is 0.758 bits per heavy atom. The van der Waals surface area contributed by atoms with E-state index in [4.69, 9.17) is 22.9 Å². The highest BCUT2D eigenvalue weighted by Gasteiger charge is 2.28. The number of carbonyl (C=O) groups is 6.